The van der Waals surface area contributed by atoms with Crippen molar-refractivity contribution in [1.82, 2.24) is 10.2 Å². The number of benzene rings is 3. The maximum atomic E-state index is 13.1. The van der Waals surface area contributed by atoms with Crippen LogP contribution >= 0.6 is 15.9 Å². The van der Waals surface area contributed by atoms with Crippen LogP contribution in [0.15, 0.2) is 76.9 Å². The van der Waals surface area contributed by atoms with Crippen LogP contribution in [0.2, 0.25) is 0 Å². The van der Waals surface area contributed by atoms with Gasteiger partial charge in [-0.2, -0.15) is 0 Å². The zero-order valence-electron chi connectivity index (χ0n) is 18.7. The Kier molecular flexibility index (Phi) is 7.26. The van der Waals surface area contributed by atoms with Crippen LogP contribution in [0.5, 0.6) is 5.75 Å². The van der Waals surface area contributed by atoms with Gasteiger partial charge in [0.15, 0.2) is 0 Å². The number of halogens is 2. The summed E-state index contributed by atoms with van der Waals surface area (Å²) in [4.78, 5) is 38.6. The first-order chi connectivity index (χ1) is 16.8. The molecule has 0 saturated carbocycles. The minimum atomic E-state index is -0.690. The highest BCUT2D eigenvalue weighted by Gasteiger charge is 2.35. The van der Waals surface area contributed by atoms with E-state index in [9.17, 15) is 18.8 Å². The van der Waals surface area contributed by atoms with Gasteiger partial charge >= 0.3 is 6.03 Å². The van der Waals surface area contributed by atoms with Gasteiger partial charge in [0.25, 0.3) is 5.91 Å². The van der Waals surface area contributed by atoms with Crippen molar-refractivity contribution in [3.8, 4) is 5.75 Å². The van der Waals surface area contributed by atoms with Gasteiger partial charge in [-0.05, 0) is 66.6 Å². The summed E-state index contributed by atoms with van der Waals surface area (Å²) in [7, 11) is 0. The molecule has 9 heteroatoms. The number of amides is 4. The Bertz CT molecular complexity index is 1320. The fourth-order valence-electron chi connectivity index (χ4n) is 3.44. The topological polar surface area (TPSA) is 87.7 Å². The van der Waals surface area contributed by atoms with Crippen molar-refractivity contribution in [3.05, 3.63) is 99.4 Å². The molecular weight excluding hydrogens is 517 g/mol. The third-order valence-corrected chi connectivity index (χ3v) is 5.64. The van der Waals surface area contributed by atoms with Gasteiger partial charge in [-0.3, -0.25) is 9.59 Å². The van der Waals surface area contributed by atoms with Crippen LogP contribution in [-0.4, -0.2) is 29.3 Å². The van der Waals surface area contributed by atoms with Crippen LogP contribution in [0.4, 0.5) is 14.9 Å². The minimum Gasteiger partial charge on any atom is -0.488 e. The molecule has 0 spiro atoms. The molecule has 0 aliphatic carbocycles. The number of carbonyl (C=O) groups excluding carboxylic acids is 3. The maximum absolute atomic E-state index is 13.1. The van der Waals surface area contributed by atoms with Crippen LogP contribution in [0, 0.1) is 12.7 Å². The molecule has 3 aromatic rings. The quantitative estimate of drug-likeness (QED) is 0.327. The van der Waals surface area contributed by atoms with Crippen LogP contribution < -0.4 is 15.4 Å². The number of rotatable bonds is 7. The fourth-order valence-corrected chi connectivity index (χ4v) is 3.82. The van der Waals surface area contributed by atoms with Gasteiger partial charge < -0.3 is 15.4 Å². The fraction of sp³-hybridized carbons (Fsp3) is 0.115. The van der Waals surface area contributed by atoms with E-state index in [0.29, 0.717) is 17.0 Å². The summed E-state index contributed by atoms with van der Waals surface area (Å²) in [6.45, 7) is 1.65. The molecule has 1 aliphatic heterocycles. The number of hydrogen-bond acceptors (Lipinski definition) is 4. The van der Waals surface area contributed by atoms with Gasteiger partial charge in [0, 0.05) is 15.7 Å². The molecule has 35 heavy (non-hydrogen) atoms. The van der Waals surface area contributed by atoms with E-state index in [0.717, 1.165) is 20.5 Å². The van der Waals surface area contributed by atoms with E-state index < -0.39 is 24.4 Å². The molecule has 0 bridgehead atoms. The van der Waals surface area contributed by atoms with Crippen molar-refractivity contribution < 1.29 is 23.5 Å². The Balaban J connectivity index is 1.48. The SMILES string of the molecule is Cc1cccc(NC(=O)CN2C(=O)N/C(=C/c3cc(Br)ccc3OCc3ccc(F)cc3)C2=O)c1. The van der Waals surface area contributed by atoms with Crippen molar-refractivity contribution in [3.63, 3.8) is 0 Å². The van der Waals surface area contributed by atoms with E-state index in [1.807, 2.05) is 13.0 Å². The Hall–Kier alpha value is -3.98. The zero-order chi connectivity index (χ0) is 24.9. The van der Waals surface area contributed by atoms with Crippen LogP contribution in [-0.2, 0) is 16.2 Å². The normalized spacial score (nSPS) is 14.3. The van der Waals surface area contributed by atoms with Gasteiger partial charge in [0.1, 0.15) is 30.4 Å². The second kappa shape index (κ2) is 10.5. The first-order valence-corrected chi connectivity index (χ1v) is 11.5. The number of imide groups is 1. The largest absolute Gasteiger partial charge is 0.488 e. The molecule has 1 heterocycles. The predicted molar refractivity (Wildman–Crippen MR) is 133 cm³/mol. The molecule has 0 atom stereocenters. The Morgan fingerprint density at radius 3 is 2.63 bits per heavy atom. The summed E-state index contributed by atoms with van der Waals surface area (Å²) < 4.78 is 19.7. The van der Waals surface area contributed by atoms with Crippen molar-refractivity contribution >= 4 is 45.5 Å². The molecule has 4 rings (SSSR count). The molecule has 7 nitrogen and oxygen atoms in total. The lowest BCUT2D eigenvalue weighted by Crippen LogP contribution is -2.38. The monoisotopic (exact) mass is 537 g/mol. The maximum Gasteiger partial charge on any atom is 0.329 e. The van der Waals surface area contributed by atoms with E-state index >= 15 is 0 Å². The highest BCUT2D eigenvalue weighted by atomic mass is 79.9. The number of urea groups is 1. The van der Waals surface area contributed by atoms with Gasteiger partial charge in [-0.1, -0.05) is 40.2 Å². The van der Waals surface area contributed by atoms with Gasteiger partial charge in [-0.25, -0.2) is 14.1 Å². The number of ether oxygens (including phenoxy) is 1. The lowest BCUT2D eigenvalue weighted by molar-refractivity contribution is -0.127. The molecule has 3 aromatic carbocycles. The van der Waals surface area contributed by atoms with E-state index in [1.165, 1.54) is 18.2 Å². The summed E-state index contributed by atoms with van der Waals surface area (Å²) in [5.74, 6) is -0.997. The van der Waals surface area contributed by atoms with Gasteiger partial charge in [0.05, 0.1) is 0 Å². The van der Waals surface area contributed by atoms with E-state index in [1.54, 1.807) is 48.5 Å². The van der Waals surface area contributed by atoms with E-state index in [-0.39, 0.29) is 18.1 Å². The predicted octanol–water partition coefficient (Wildman–Crippen LogP) is 5.01. The van der Waals surface area contributed by atoms with Crippen LogP contribution in [0.1, 0.15) is 16.7 Å². The number of hydrogen-bond donors (Lipinski definition) is 2. The first-order valence-electron chi connectivity index (χ1n) is 10.7. The molecular formula is C26H21BrFN3O4. The highest BCUT2D eigenvalue weighted by Crippen LogP contribution is 2.27. The minimum absolute atomic E-state index is 0.0167. The van der Waals surface area contributed by atoms with Crippen molar-refractivity contribution in [2.75, 3.05) is 11.9 Å². The number of carbonyl (C=O) groups is 3. The summed E-state index contributed by atoms with van der Waals surface area (Å²) in [6.07, 6.45) is 1.49. The molecule has 0 unspecified atom stereocenters. The Morgan fingerprint density at radius 1 is 1.11 bits per heavy atom. The second-order valence-corrected chi connectivity index (χ2v) is 8.81. The molecule has 2 N–H and O–H groups in total. The smallest absolute Gasteiger partial charge is 0.329 e. The lowest BCUT2D eigenvalue weighted by atomic mass is 10.1. The molecule has 0 radical (unpaired) electrons. The van der Waals surface area contributed by atoms with Gasteiger partial charge in [0.2, 0.25) is 5.91 Å². The summed E-state index contributed by atoms with van der Waals surface area (Å²) >= 11 is 3.40. The number of nitrogens with one attached hydrogen (secondary N) is 2. The highest BCUT2D eigenvalue weighted by molar-refractivity contribution is 9.10. The van der Waals surface area contributed by atoms with Crippen LogP contribution in [0.3, 0.4) is 0 Å². The number of nitrogens with zero attached hydrogens (tertiary/aromatic N) is 1. The van der Waals surface area contributed by atoms with Crippen LogP contribution in [0.25, 0.3) is 6.08 Å². The first kappa shape index (κ1) is 24.2. The lowest BCUT2D eigenvalue weighted by Gasteiger charge is -2.12. The average Bonchev–Trinajstić information content (AvgIpc) is 3.07. The van der Waals surface area contributed by atoms with E-state index in [4.69, 9.17) is 4.74 Å². The van der Waals surface area contributed by atoms with Crippen molar-refractivity contribution in [1.29, 1.82) is 0 Å². The number of aryl methyl sites for hydroxylation is 1. The van der Waals surface area contributed by atoms with Gasteiger partial charge in [-0.15, -0.1) is 0 Å². The molecule has 4 amide bonds. The third kappa shape index (κ3) is 6.13. The third-order valence-electron chi connectivity index (χ3n) is 5.15. The second-order valence-electron chi connectivity index (χ2n) is 7.89. The van der Waals surface area contributed by atoms with Crippen molar-refractivity contribution in [2.45, 2.75) is 13.5 Å². The van der Waals surface area contributed by atoms with E-state index in [2.05, 4.69) is 26.6 Å². The average molecular weight is 538 g/mol. The van der Waals surface area contributed by atoms with Crippen molar-refractivity contribution in [2.24, 2.45) is 0 Å². The molecule has 0 aromatic heterocycles. The standard InChI is InChI=1S/C26H21BrFN3O4/c1-16-3-2-4-21(11-16)29-24(32)14-31-25(33)22(30-26(31)34)13-18-12-19(27)7-10-23(18)35-15-17-5-8-20(28)9-6-17/h2-13H,14-15H2,1H3,(H,29,32)(H,30,34)/b22-13+. The number of anilines is 1. The Morgan fingerprint density at radius 2 is 1.89 bits per heavy atom. The summed E-state index contributed by atoms with van der Waals surface area (Å²) in [5.41, 5.74) is 2.87. The molecule has 178 valence electrons. The molecule has 1 aliphatic rings. The summed E-state index contributed by atoms with van der Waals surface area (Å²) in [5, 5.41) is 5.20. The molecule has 1 saturated heterocycles. The summed E-state index contributed by atoms with van der Waals surface area (Å²) in [6, 6.07) is 17.7. The zero-order valence-corrected chi connectivity index (χ0v) is 20.3. The molecule has 1 fully saturated rings. The Labute approximate surface area is 209 Å².